The van der Waals surface area contributed by atoms with Gasteiger partial charge in [0.25, 0.3) is 0 Å². The zero-order valence-electron chi connectivity index (χ0n) is 8.94. The molecule has 1 unspecified atom stereocenters. The minimum atomic E-state index is -0.143. The van der Waals surface area contributed by atoms with Crippen molar-refractivity contribution in [3.05, 3.63) is 46.5 Å². The third-order valence-corrected chi connectivity index (χ3v) is 2.49. The van der Waals surface area contributed by atoms with Crippen LogP contribution in [0, 0.1) is 0 Å². The first-order valence-electron chi connectivity index (χ1n) is 5.06. The number of nitrogens with zero attached hydrogens (tertiary/aromatic N) is 2. The molecule has 1 aromatic heterocycles. The van der Waals surface area contributed by atoms with Gasteiger partial charge in [0.1, 0.15) is 5.82 Å². The first-order valence-corrected chi connectivity index (χ1v) is 5.44. The molecule has 0 spiro atoms. The molecule has 0 saturated heterocycles. The summed E-state index contributed by atoms with van der Waals surface area (Å²) in [5.41, 5.74) is 6.81. The van der Waals surface area contributed by atoms with Crippen LogP contribution in [0.2, 0.25) is 5.02 Å². The van der Waals surface area contributed by atoms with Gasteiger partial charge in [-0.2, -0.15) is 5.10 Å². The van der Waals surface area contributed by atoms with Gasteiger partial charge < -0.3 is 5.73 Å². The standard InChI is InChI=1S/C11H13ClN4/c1-7(13)11-14-10(15-16-11)6-8-2-4-9(12)5-3-8/h2-5,7H,6,13H2,1H3,(H,14,15,16). The predicted molar refractivity (Wildman–Crippen MR) is 63.2 cm³/mol. The van der Waals surface area contributed by atoms with Gasteiger partial charge in [0.2, 0.25) is 0 Å². The number of nitrogens with two attached hydrogens (primary N) is 1. The van der Waals surface area contributed by atoms with Gasteiger partial charge in [-0.1, -0.05) is 23.7 Å². The van der Waals surface area contributed by atoms with Crippen molar-refractivity contribution in [2.45, 2.75) is 19.4 Å². The highest BCUT2D eigenvalue weighted by Gasteiger charge is 2.07. The third kappa shape index (κ3) is 2.59. The number of nitrogens with one attached hydrogen (secondary N) is 1. The molecule has 1 atom stereocenters. The van der Waals surface area contributed by atoms with E-state index in [-0.39, 0.29) is 6.04 Å². The van der Waals surface area contributed by atoms with Crippen LogP contribution >= 0.6 is 11.6 Å². The van der Waals surface area contributed by atoms with Gasteiger partial charge in [-0.3, -0.25) is 5.10 Å². The van der Waals surface area contributed by atoms with E-state index in [2.05, 4.69) is 15.2 Å². The summed E-state index contributed by atoms with van der Waals surface area (Å²) in [6.45, 7) is 1.86. The highest BCUT2D eigenvalue weighted by molar-refractivity contribution is 6.30. The quantitative estimate of drug-likeness (QED) is 0.857. The molecule has 84 valence electrons. The van der Waals surface area contributed by atoms with Gasteiger partial charge in [-0.15, -0.1) is 0 Å². The highest BCUT2D eigenvalue weighted by Crippen LogP contribution is 2.12. The molecular weight excluding hydrogens is 224 g/mol. The van der Waals surface area contributed by atoms with Crippen LogP contribution in [0.3, 0.4) is 0 Å². The molecule has 0 aliphatic heterocycles. The van der Waals surface area contributed by atoms with Crippen LogP contribution in [-0.2, 0) is 6.42 Å². The molecule has 0 bridgehead atoms. The van der Waals surface area contributed by atoms with Gasteiger partial charge in [0.15, 0.2) is 5.82 Å². The number of aromatic amines is 1. The number of benzene rings is 1. The van der Waals surface area contributed by atoms with Crippen molar-refractivity contribution in [2.24, 2.45) is 5.73 Å². The molecule has 16 heavy (non-hydrogen) atoms. The summed E-state index contributed by atoms with van der Waals surface area (Å²) < 4.78 is 0. The largest absolute Gasteiger partial charge is 0.321 e. The lowest BCUT2D eigenvalue weighted by molar-refractivity contribution is 0.744. The third-order valence-electron chi connectivity index (χ3n) is 2.24. The number of H-pyrrole nitrogens is 1. The summed E-state index contributed by atoms with van der Waals surface area (Å²) >= 11 is 5.81. The molecule has 2 rings (SSSR count). The van der Waals surface area contributed by atoms with Gasteiger partial charge in [-0.05, 0) is 24.6 Å². The maximum atomic E-state index is 5.81. The van der Waals surface area contributed by atoms with Gasteiger partial charge in [0, 0.05) is 11.4 Å². The Morgan fingerprint density at radius 1 is 1.38 bits per heavy atom. The predicted octanol–water partition coefficient (Wildman–Crippen LogP) is 2.07. The fourth-order valence-electron chi connectivity index (χ4n) is 1.39. The van der Waals surface area contributed by atoms with Crippen molar-refractivity contribution in [3.8, 4) is 0 Å². The van der Waals surface area contributed by atoms with E-state index in [1.54, 1.807) is 0 Å². The van der Waals surface area contributed by atoms with Crippen LogP contribution in [0.15, 0.2) is 24.3 Å². The molecule has 2 aromatic rings. The minimum Gasteiger partial charge on any atom is -0.321 e. The van der Waals surface area contributed by atoms with Crippen LogP contribution in [0.4, 0.5) is 0 Å². The van der Waals surface area contributed by atoms with Crippen molar-refractivity contribution >= 4 is 11.6 Å². The Kier molecular flexibility index (Phi) is 3.22. The second-order valence-electron chi connectivity index (χ2n) is 3.73. The van der Waals surface area contributed by atoms with E-state index in [0.29, 0.717) is 12.2 Å². The maximum Gasteiger partial charge on any atom is 0.167 e. The van der Waals surface area contributed by atoms with Crippen molar-refractivity contribution in [3.63, 3.8) is 0 Å². The van der Waals surface area contributed by atoms with E-state index in [1.807, 2.05) is 31.2 Å². The van der Waals surface area contributed by atoms with Crippen molar-refractivity contribution in [2.75, 3.05) is 0 Å². The molecule has 3 N–H and O–H groups in total. The second kappa shape index (κ2) is 4.63. The summed E-state index contributed by atoms with van der Waals surface area (Å²) in [4.78, 5) is 4.30. The van der Waals surface area contributed by atoms with E-state index >= 15 is 0 Å². The summed E-state index contributed by atoms with van der Waals surface area (Å²) in [5, 5.41) is 7.65. The summed E-state index contributed by atoms with van der Waals surface area (Å²) in [7, 11) is 0. The Labute approximate surface area is 98.8 Å². The smallest absolute Gasteiger partial charge is 0.167 e. The fourth-order valence-corrected chi connectivity index (χ4v) is 1.51. The lowest BCUT2D eigenvalue weighted by Crippen LogP contribution is -2.06. The molecule has 1 heterocycles. The molecule has 5 heteroatoms. The molecule has 0 aliphatic rings. The van der Waals surface area contributed by atoms with E-state index in [9.17, 15) is 0 Å². The number of hydrogen-bond acceptors (Lipinski definition) is 3. The van der Waals surface area contributed by atoms with E-state index in [1.165, 1.54) is 0 Å². The van der Waals surface area contributed by atoms with Crippen molar-refractivity contribution in [1.29, 1.82) is 0 Å². The zero-order valence-corrected chi connectivity index (χ0v) is 9.70. The SMILES string of the molecule is CC(N)c1n[nH]c(Cc2ccc(Cl)cc2)n1. The molecule has 0 radical (unpaired) electrons. The maximum absolute atomic E-state index is 5.81. The first-order chi connectivity index (χ1) is 7.65. The number of hydrogen-bond donors (Lipinski definition) is 2. The Balaban J connectivity index is 2.11. The minimum absolute atomic E-state index is 0.143. The Morgan fingerprint density at radius 2 is 2.06 bits per heavy atom. The van der Waals surface area contributed by atoms with Crippen LogP contribution < -0.4 is 5.73 Å². The molecule has 0 fully saturated rings. The molecule has 0 saturated carbocycles. The van der Waals surface area contributed by atoms with Gasteiger partial charge in [0.05, 0.1) is 6.04 Å². The molecular formula is C11H13ClN4. The van der Waals surface area contributed by atoms with E-state index in [4.69, 9.17) is 17.3 Å². The topological polar surface area (TPSA) is 67.6 Å². The number of halogens is 1. The van der Waals surface area contributed by atoms with E-state index < -0.39 is 0 Å². The summed E-state index contributed by atoms with van der Waals surface area (Å²) in [6, 6.07) is 7.52. The Morgan fingerprint density at radius 3 is 2.62 bits per heavy atom. The summed E-state index contributed by atoms with van der Waals surface area (Å²) in [6.07, 6.45) is 0.705. The lowest BCUT2D eigenvalue weighted by atomic mass is 10.1. The second-order valence-corrected chi connectivity index (χ2v) is 4.17. The van der Waals surface area contributed by atoms with Gasteiger partial charge in [-0.25, -0.2) is 4.98 Å². The van der Waals surface area contributed by atoms with Crippen LogP contribution in [-0.4, -0.2) is 15.2 Å². The lowest BCUT2D eigenvalue weighted by Gasteiger charge is -1.98. The van der Waals surface area contributed by atoms with Crippen molar-refractivity contribution < 1.29 is 0 Å². The van der Waals surface area contributed by atoms with E-state index in [0.717, 1.165) is 16.4 Å². The Bertz CT molecular complexity index is 461. The molecule has 0 amide bonds. The molecule has 4 nitrogen and oxygen atoms in total. The van der Waals surface area contributed by atoms with Crippen LogP contribution in [0.1, 0.15) is 30.2 Å². The number of aromatic nitrogens is 3. The van der Waals surface area contributed by atoms with Crippen LogP contribution in [0.5, 0.6) is 0 Å². The molecule has 1 aromatic carbocycles. The highest BCUT2D eigenvalue weighted by atomic mass is 35.5. The average Bonchev–Trinajstić information content (AvgIpc) is 2.70. The van der Waals surface area contributed by atoms with Gasteiger partial charge >= 0.3 is 0 Å². The first kappa shape index (κ1) is 11.1. The zero-order chi connectivity index (χ0) is 11.5. The molecule has 0 aliphatic carbocycles. The fraction of sp³-hybridized carbons (Fsp3) is 0.273. The van der Waals surface area contributed by atoms with Crippen LogP contribution in [0.25, 0.3) is 0 Å². The Hall–Kier alpha value is -1.39. The summed E-state index contributed by atoms with van der Waals surface area (Å²) in [5.74, 6) is 1.46. The monoisotopic (exact) mass is 236 g/mol. The average molecular weight is 237 g/mol. The van der Waals surface area contributed by atoms with Crippen molar-refractivity contribution in [1.82, 2.24) is 15.2 Å². The normalized spacial score (nSPS) is 12.7. The number of rotatable bonds is 3.